The molecule has 1 heterocycles. The lowest BCUT2D eigenvalue weighted by Gasteiger charge is -2.15. The largest absolute Gasteiger partial charge is 0.445 e. The number of benzene rings is 1. The number of carbonyl (C=O) groups is 1. The minimum atomic E-state index is -0.449. The van der Waals surface area contributed by atoms with E-state index in [1.54, 1.807) is 6.20 Å². The standard InChI is InChI=1S/C16H17BrN2O2/c1-11-8-14(17)9-18-15(11)12(2)19-16(20)21-10-13-6-4-3-5-7-13/h3-9,12H,10H2,1-2H3,(H,19,20). The van der Waals surface area contributed by atoms with Gasteiger partial charge in [0.05, 0.1) is 11.7 Å². The second kappa shape index (κ2) is 7.22. The molecule has 21 heavy (non-hydrogen) atoms. The fraction of sp³-hybridized carbons (Fsp3) is 0.250. The summed E-state index contributed by atoms with van der Waals surface area (Å²) in [6.07, 6.45) is 1.27. The lowest BCUT2D eigenvalue weighted by Crippen LogP contribution is -2.28. The van der Waals surface area contributed by atoms with Crippen LogP contribution in [0.3, 0.4) is 0 Å². The Balaban J connectivity index is 1.90. The fourth-order valence-corrected chi connectivity index (χ4v) is 2.46. The fourth-order valence-electron chi connectivity index (χ4n) is 2.01. The van der Waals surface area contributed by atoms with Crippen molar-refractivity contribution < 1.29 is 9.53 Å². The van der Waals surface area contributed by atoms with E-state index < -0.39 is 6.09 Å². The summed E-state index contributed by atoms with van der Waals surface area (Å²) in [5.41, 5.74) is 2.80. The summed E-state index contributed by atoms with van der Waals surface area (Å²) in [5, 5.41) is 2.79. The molecular formula is C16H17BrN2O2. The van der Waals surface area contributed by atoms with Gasteiger partial charge in [-0.25, -0.2) is 4.79 Å². The highest BCUT2D eigenvalue weighted by Crippen LogP contribution is 2.18. The van der Waals surface area contributed by atoms with E-state index in [0.29, 0.717) is 0 Å². The van der Waals surface area contributed by atoms with E-state index in [0.717, 1.165) is 21.3 Å². The van der Waals surface area contributed by atoms with Gasteiger partial charge in [-0.05, 0) is 47.0 Å². The maximum atomic E-state index is 11.8. The molecule has 1 unspecified atom stereocenters. The van der Waals surface area contributed by atoms with Crippen molar-refractivity contribution in [1.29, 1.82) is 0 Å². The van der Waals surface area contributed by atoms with Gasteiger partial charge in [-0.15, -0.1) is 0 Å². The Kier molecular flexibility index (Phi) is 5.33. The van der Waals surface area contributed by atoms with Crippen LogP contribution in [-0.4, -0.2) is 11.1 Å². The number of nitrogens with one attached hydrogen (secondary N) is 1. The average Bonchev–Trinajstić information content (AvgIpc) is 2.46. The molecule has 0 radical (unpaired) electrons. The molecule has 0 saturated heterocycles. The first-order valence-electron chi connectivity index (χ1n) is 6.65. The van der Waals surface area contributed by atoms with Crippen molar-refractivity contribution in [3.05, 3.63) is 63.9 Å². The third-order valence-electron chi connectivity index (χ3n) is 3.04. The number of ether oxygens (including phenoxy) is 1. The van der Waals surface area contributed by atoms with Gasteiger partial charge in [0.25, 0.3) is 0 Å². The van der Waals surface area contributed by atoms with Gasteiger partial charge in [0.15, 0.2) is 0 Å². The molecule has 4 nitrogen and oxygen atoms in total. The normalized spacial score (nSPS) is 11.8. The van der Waals surface area contributed by atoms with Crippen molar-refractivity contribution in [1.82, 2.24) is 10.3 Å². The molecular weight excluding hydrogens is 332 g/mol. The lowest BCUT2D eigenvalue weighted by atomic mass is 10.1. The number of halogens is 1. The van der Waals surface area contributed by atoms with Crippen LogP contribution in [0.15, 0.2) is 47.1 Å². The van der Waals surface area contributed by atoms with E-state index >= 15 is 0 Å². The van der Waals surface area contributed by atoms with Crippen LogP contribution in [-0.2, 0) is 11.3 Å². The zero-order chi connectivity index (χ0) is 15.2. The maximum absolute atomic E-state index is 11.8. The smallest absolute Gasteiger partial charge is 0.407 e. The second-order valence-corrected chi connectivity index (χ2v) is 5.70. The molecule has 2 aromatic rings. The van der Waals surface area contributed by atoms with Crippen LogP contribution < -0.4 is 5.32 Å². The molecule has 0 bridgehead atoms. The predicted octanol–water partition coefficient (Wildman–Crippen LogP) is 4.14. The SMILES string of the molecule is Cc1cc(Br)cnc1C(C)NC(=O)OCc1ccccc1. The Morgan fingerprint density at radius 1 is 1.38 bits per heavy atom. The number of nitrogens with zero attached hydrogens (tertiary/aromatic N) is 1. The van der Waals surface area contributed by atoms with Crippen LogP contribution in [0.1, 0.15) is 29.8 Å². The summed E-state index contributed by atoms with van der Waals surface area (Å²) < 4.78 is 6.12. The minimum Gasteiger partial charge on any atom is -0.445 e. The molecule has 110 valence electrons. The number of hydrogen-bond acceptors (Lipinski definition) is 3. The molecule has 0 saturated carbocycles. The van der Waals surface area contributed by atoms with Crippen LogP contribution in [0.5, 0.6) is 0 Å². The average molecular weight is 349 g/mol. The molecule has 1 amide bonds. The monoisotopic (exact) mass is 348 g/mol. The van der Waals surface area contributed by atoms with Crippen LogP contribution in [0.4, 0.5) is 4.79 Å². The van der Waals surface area contributed by atoms with Gasteiger partial charge < -0.3 is 10.1 Å². The third kappa shape index (κ3) is 4.56. The number of amides is 1. The number of alkyl carbamates (subject to hydrolysis) is 1. The van der Waals surface area contributed by atoms with E-state index in [2.05, 4.69) is 26.2 Å². The number of rotatable bonds is 4. The van der Waals surface area contributed by atoms with Crippen molar-refractivity contribution in [2.24, 2.45) is 0 Å². The van der Waals surface area contributed by atoms with Crippen molar-refractivity contribution >= 4 is 22.0 Å². The molecule has 0 aliphatic heterocycles. The summed E-state index contributed by atoms with van der Waals surface area (Å²) in [6.45, 7) is 4.10. The Morgan fingerprint density at radius 2 is 2.10 bits per heavy atom. The van der Waals surface area contributed by atoms with Crippen LogP contribution in [0.2, 0.25) is 0 Å². The molecule has 2 rings (SSSR count). The van der Waals surface area contributed by atoms with E-state index in [1.165, 1.54) is 0 Å². The van der Waals surface area contributed by atoms with Crippen LogP contribution >= 0.6 is 15.9 Å². The van der Waals surface area contributed by atoms with Gasteiger partial charge in [0, 0.05) is 10.7 Å². The molecule has 5 heteroatoms. The number of aromatic nitrogens is 1. The molecule has 0 fully saturated rings. The molecule has 0 spiro atoms. The summed E-state index contributed by atoms with van der Waals surface area (Å²) in [4.78, 5) is 16.1. The highest BCUT2D eigenvalue weighted by molar-refractivity contribution is 9.10. The number of hydrogen-bond donors (Lipinski definition) is 1. The molecule has 1 atom stereocenters. The van der Waals surface area contributed by atoms with Crippen molar-refractivity contribution in [3.8, 4) is 0 Å². The number of pyridine rings is 1. The molecule has 1 aromatic carbocycles. The highest BCUT2D eigenvalue weighted by Gasteiger charge is 2.14. The van der Waals surface area contributed by atoms with E-state index in [-0.39, 0.29) is 12.6 Å². The lowest BCUT2D eigenvalue weighted by molar-refractivity contribution is 0.136. The van der Waals surface area contributed by atoms with Crippen molar-refractivity contribution in [2.75, 3.05) is 0 Å². The summed E-state index contributed by atoms with van der Waals surface area (Å²) >= 11 is 3.37. The Bertz CT molecular complexity index is 617. The quantitative estimate of drug-likeness (QED) is 0.903. The first kappa shape index (κ1) is 15.5. The third-order valence-corrected chi connectivity index (χ3v) is 3.48. The van der Waals surface area contributed by atoms with Crippen LogP contribution in [0, 0.1) is 6.92 Å². The molecule has 0 aliphatic rings. The highest BCUT2D eigenvalue weighted by atomic mass is 79.9. The zero-order valence-electron chi connectivity index (χ0n) is 12.0. The van der Waals surface area contributed by atoms with E-state index in [9.17, 15) is 4.79 Å². The van der Waals surface area contributed by atoms with Gasteiger partial charge in [0.2, 0.25) is 0 Å². The Hall–Kier alpha value is -1.88. The topological polar surface area (TPSA) is 51.2 Å². The van der Waals surface area contributed by atoms with E-state index in [4.69, 9.17) is 4.74 Å². The second-order valence-electron chi connectivity index (χ2n) is 4.78. The molecule has 0 aliphatic carbocycles. The van der Waals surface area contributed by atoms with Gasteiger partial charge in [-0.2, -0.15) is 0 Å². The minimum absolute atomic E-state index is 0.207. The Morgan fingerprint density at radius 3 is 2.76 bits per heavy atom. The van der Waals surface area contributed by atoms with Gasteiger partial charge >= 0.3 is 6.09 Å². The number of aryl methyl sites for hydroxylation is 1. The first-order valence-corrected chi connectivity index (χ1v) is 7.45. The summed E-state index contributed by atoms with van der Waals surface area (Å²) in [5.74, 6) is 0. The Labute approximate surface area is 132 Å². The van der Waals surface area contributed by atoms with Crippen molar-refractivity contribution in [2.45, 2.75) is 26.5 Å². The zero-order valence-corrected chi connectivity index (χ0v) is 13.6. The summed E-state index contributed by atoms with van der Waals surface area (Å²) in [6, 6.07) is 11.3. The van der Waals surface area contributed by atoms with Gasteiger partial charge in [-0.3, -0.25) is 4.98 Å². The van der Waals surface area contributed by atoms with E-state index in [1.807, 2.05) is 50.2 Å². The van der Waals surface area contributed by atoms with Crippen LogP contribution in [0.25, 0.3) is 0 Å². The first-order chi connectivity index (χ1) is 10.1. The van der Waals surface area contributed by atoms with Gasteiger partial charge in [0.1, 0.15) is 6.61 Å². The van der Waals surface area contributed by atoms with Crippen molar-refractivity contribution in [3.63, 3.8) is 0 Å². The molecule has 1 aromatic heterocycles. The summed E-state index contributed by atoms with van der Waals surface area (Å²) in [7, 11) is 0. The number of carbonyl (C=O) groups excluding carboxylic acids is 1. The maximum Gasteiger partial charge on any atom is 0.407 e. The van der Waals surface area contributed by atoms with Gasteiger partial charge in [-0.1, -0.05) is 30.3 Å². The predicted molar refractivity (Wildman–Crippen MR) is 84.9 cm³/mol. The molecule has 1 N–H and O–H groups in total.